The maximum atomic E-state index is 8.79. The maximum Gasteiger partial charge on any atom is 0.153 e. The van der Waals surface area contributed by atoms with Gasteiger partial charge in [0.2, 0.25) is 0 Å². The molecule has 3 nitrogen and oxygen atoms in total. The van der Waals surface area contributed by atoms with E-state index in [9.17, 15) is 0 Å². The molecule has 1 fully saturated rings. The van der Waals surface area contributed by atoms with Crippen molar-refractivity contribution in [2.24, 2.45) is 0 Å². The van der Waals surface area contributed by atoms with E-state index in [0.29, 0.717) is 0 Å². The lowest BCUT2D eigenvalue weighted by Crippen LogP contribution is -2.44. The largest absolute Gasteiger partial charge is 0.181 e. The third-order valence-electron chi connectivity index (χ3n) is 1.61. The molecule has 0 amide bonds. The summed E-state index contributed by atoms with van der Waals surface area (Å²) in [4.78, 5) is 0. The Morgan fingerprint density at radius 2 is 1.88 bits per heavy atom. The van der Waals surface area contributed by atoms with Crippen molar-refractivity contribution in [1.82, 2.24) is 0 Å². The molecule has 1 unspecified atom stereocenters. The zero-order valence-corrected chi connectivity index (χ0v) is 5.77. The summed E-state index contributed by atoms with van der Waals surface area (Å²) >= 11 is 0. The minimum Gasteiger partial charge on any atom is -0.181 e. The molecule has 1 aliphatic carbocycles. The zero-order chi connectivity index (χ0) is 6.20. The molecule has 8 heavy (non-hydrogen) atoms. The summed E-state index contributed by atoms with van der Waals surface area (Å²) in [5, 5.41) is 17.6. The Morgan fingerprint density at radius 1 is 1.38 bits per heavy atom. The summed E-state index contributed by atoms with van der Waals surface area (Å²) < 4.78 is -0.917. The topological polar surface area (TPSA) is 40.5 Å². The molecule has 0 aromatic carbocycles. The van der Waals surface area contributed by atoms with Gasteiger partial charge in [0.25, 0.3) is 0 Å². The SMILES string of the molecule is O[N+](O)(P)C1CCC1. The van der Waals surface area contributed by atoms with Crippen LogP contribution in [0, 0.1) is 0 Å². The van der Waals surface area contributed by atoms with Gasteiger partial charge < -0.3 is 0 Å². The highest BCUT2D eigenvalue weighted by Gasteiger charge is 2.36. The van der Waals surface area contributed by atoms with Crippen molar-refractivity contribution in [3.05, 3.63) is 0 Å². The number of nitrogens with zero attached hydrogens (tertiary/aromatic N) is 1. The van der Waals surface area contributed by atoms with Crippen LogP contribution in [-0.2, 0) is 0 Å². The van der Waals surface area contributed by atoms with Crippen LogP contribution in [0.1, 0.15) is 19.3 Å². The average Bonchev–Trinajstić information content (AvgIpc) is 1.16. The summed E-state index contributed by atoms with van der Waals surface area (Å²) in [6.45, 7) is 0. The van der Waals surface area contributed by atoms with Crippen LogP contribution in [0.15, 0.2) is 0 Å². The van der Waals surface area contributed by atoms with Crippen LogP contribution < -0.4 is 0 Å². The lowest BCUT2D eigenvalue weighted by Gasteiger charge is -2.31. The van der Waals surface area contributed by atoms with Gasteiger partial charge in [0.15, 0.2) is 6.04 Å². The molecule has 0 heterocycles. The molecule has 0 aromatic heterocycles. The van der Waals surface area contributed by atoms with E-state index in [1.54, 1.807) is 0 Å². The van der Waals surface area contributed by atoms with E-state index >= 15 is 0 Å². The monoisotopic (exact) mass is 136 g/mol. The van der Waals surface area contributed by atoms with E-state index in [-0.39, 0.29) is 6.04 Å². The van der Waals surface area contributed by atoms with E-state index in [1.165, 1.54) is 0 Å². The molecule has 1 saturated carbocycles. The van der Waals surface area contributed by atoms with E-state index in [4.69, 9.17) is 10.4 Å². The molecular weight excluding hydrogens is 125 g/mol. The van der Waals surface area contributed by atoms with Gasteiger partial charge in [-0.3, -0.25) is 0 Å². The third-order valence-corrected chi connectivity index (χ3v) is 2.03. The Bertz CT molecular complexity index is 86.5. The summed E-state index contributed by atoms with van der Waals surface area (Å²) in [6.07, 6.45) is 2.98. The van der Waals surface area contributed by atoms with Crippen molar-refractivity contribution in [2.45, 2.75) is 25.3 Å². The molecule has 0 radical (unpaired) electrons. The van der Waals surface area contributed by atoms with Gasteiger partial charge in [0, 0.05) is 12.8 Å². The first-order valence-corrected chi connectivity index (χ1v) is 3.25. The zero-order valence-electron chi connectivity index (χ0n) is 4.62. The minimum atomic E-state index is -0.917. The lowest BCUT2D eigenvalue weighted by molar-refractivity contribution is -1.17. The highest BCUT2D eigenvalue weighted by atomic mass is 31.0. The predicted octanol–water partition coefficient (Wildman–Crippen LogP) is 0.924. The van der Waals surface area contributed by atoms with Gasteiger partial charge in [-0.05, 0) is 11.0 Å². The first kappa shape index (κ1) is 6.43. The van der Waals surface area contributed by atoms with Gasteiger partial charge >= 0.3 is 0 Å². The molecule has 0 spiro atoms. The first-order valence-electron chi connectivity index (χ1n) is 2.73. The Labute approximate surface area is 50.7 Å². The molecule has 2 N–H and O–H groups in total. The van der Waals surface area contributed by atoms with Crippen LogP contribution in [0.4, 0.5) is 0 Å². The van der Waals surface area contributed by atoms with Crippen molar-refractivity contribution >= 4 is 9.39 Å². The molecular formula is C4H11NO2P+. The Kier molecular flexibility index (Phi) is 1.54. The van der Waals surface area contributed by atoms with Crippen molar-refractivity contribution < 1.29 is 15.0 Å². The molecule has 1 atom stereocenters. The molecule has 0 aromatic rings. The van der Waals surface area contributed by atoms with Crippen LogP contribution in [0.25, 0.3) is 0 Å². The summed E-state index contributed by atoms with van der Waals surface area (Å²) in [5.41, 5.74) is 0. The fraction of sp³-hybridized carbons (Fsp3) is 1.00. The maximum absolute atomic E-state index is 8.79. The Hall–Kier alpha value is 0.310. The molecule has 1 rings (SSSR count). The standard InChI is InChI=1S/C4H11NO2P/c6-5(7,8)4-2-1-3-4/h4,6-7H,1-3,8H2/q+1. The number of quaternary nitrogens is 1. The van der Waals surface area contributed by atoms with E-state index in [0.717, 1.165) is 19.3 Å². The fourth-order valence-electron chi connectivity index (χ4n) is 0.767. The second-order valence-electron chi connectivity index (χ2n) is 2.29. The number of hydrogen-bond donors (Lipinski definition) is 2. The van der Waals surface area contributed by atoms with E-state index < -0.39 is 4.58 Å². The van der Waals surface area contributed by atoms with Crippen LogP contribution >= 0.6 is 9.39 Å². The van der Waals surface area contributed by atoms with Crippen LogP contribution in [-0.4, -0.2) is 21.0 Å². The van der Waals surface area contributed by atoms with Gasteiger partial charge in [0.1, 0.15) is 9.39 Å². The molecule has 0 saturated heterocycles. The van der Waals surface area contributed by atoms with Gasteiger partial charge in [-0.2, -0.15) is 10.4 Å². The van der Waals surface area contributed by atoms with Crippen molar-refractivity contribution in [3.63, 3.8) is 0 Å². The molecule has 0 aliphatic heterocycles. The predicted molar refractivity (Wildman–Crippen MR) is 31.2 cm³/mol. The van der Waals surface area contributed by atoms with Crippen LogP contribution in [0.3, 0.4) is 0 Å². The van der Waals surface area contributed by atoms with Gasteiger partial charge in [0.05, 0.1) is 0 Å². The van der Waals surface area contributed by atoms with Gasteiger partial charge in [-0.15, -0.1) is 0 Å². The quantitative estimate of drug-likeness (QED) is 0.415. The molecule has 0 bridgehead atoms. The number of rotatable bonds is 1. The summed E-state index contributed by atoms with van der Waals surface area (Å²) in [5.74, 6) is 0. The van der Waals surface area contributed by atoms with Crippen molar-refractivity contribution in [2.75, 3.05) is 0 Å². The van der Waals surface area contributed by atoms with Gasteiger partial charge in [-0.1, -0.05) is 0 Å². The average molecular weight is 136 g/mol. The third kappa shape index (κ3) is 1.17. The highest BCUT2D eigenvalue weighted by Crippen LogP contribution is 2.30. The van der Waals surface area contributed by atoms with Crippen molar-refractivity contribution in [1.29, 1.82) is 0 Å². The van der Waals surface area contributed by atoms with Crippen LogP contribution in [0.5, 0.6) is 0 Å². The Balaban J connectivity index is 2.34. The smallest absolute Gasteiger partial charge is 0.153 e. The highest BCUT2D eigenvalue weighted by molar-refractivity contribution is 7.08. The molecule has 48 valence electrons. The lowest BCUT2D eigenvalue weighted by atomic mass is 9.94. The Morgan fingerprint density at radius 3 is 1.88 bits per heavy atom. The summed E-state index contributed by atoms with van der Waals surface area (Å²) in [6, 6.07) is 0.0417. The minimum absolute atomic E-state index is 0.0417. The molecule has 1 aliphatic rings. The molecule has 4 heteroatoms. The van der Waals surface area contributed by atoms with Gasteiger partial charge in [-0.25, -0.2) is 0 Å². The second-order valence-corrected chi connectivity index (χ2v) is 3.05. The van der Waals surface area contributed by atoms with Crippen molar-refractivity contribution in [3.8, 4) is 0 Å². The number of hydrogen-bond acceptors (Lipinski definition) is 2. The fourth-order valence-corrected chi connectivity index (χ4v) is 1.06. The first-order chi connectivity index (χ1) is 3.61. The second kappa shape index (κ2) is 1.92. The number of hydroxylamine groups is 2. The summed E-state index contributed by atoms with van der Waals surface area (Å²) in [7, 11) is 1.98. The normalized spacial score (nSPS) is 22.9. The van der Waals surface area contributed by atoms with E-state index in [1.807, 2.05) is 9.39 Å². The van der Waals surface area contributed by atoms with E-state index in [2.05, 4.69) is 0 Å². The van der Waals surface area contributed by atoms with Crippen LogP contribution in [0.2, 0.25) is 0 Å².